The van der Waals surface area contributed by atoms with Crippen LogP contribution in [0.2, 0.25) is 0 Å². The van der Waals surface area contributed by atoms with Crippen LogP contribution >= 0.6 is 0 Å². The van der Waals surface area contributed by atoms with E-state index in [1.807, 2.05) is 53.8 Å². The molecule has 154 valence electrons. The third-order valence-corrected chi connectivity index (χ3v) is 5.28. The maximum atomic E-state index is 12.3. The van der Waals surface area contributed by atoms with Crippen molar-refractivity contribution in [2.24, 2.45) is 0 Å². The van der Waals surface area contributed by atoms with E-state index in [2.05, 4.69) is 5.10 Å². The SMILES string of the molecule is Cc1nn(-c2ccccc2)c(C)c1/C=C/C(=O)OCC(=O)N1CCCCCCC1. The third-order valence-electron chi connectivity index (χ3n) is 5.28. The average molecular weight is 396 g/mol. The van der Waals surface area contributed by atoms with Crippen LogP contribution < -0.4 is 0 Å². The first-order valence-electron chi connectivity index (χ1n) is 10.3. The molecule has 0 bridgehead atoms. The Morgan fingerprint density at radius 3 is 2.38 bits per heavy atom. The van der Waals surface area contributed by atoms with Crippen molar-refractivity contribution in [1.82, 2.24) is 14.7 Å². The summed E-state index contributed by atoms with van der Waals surface area (Å²) in [6.07, 6.45) is 8.66. The van der Waals surface area contributed by atoms with E-state index in [0.29, 0.717) is 0 Å². The molecule has 1 fully saturated rings. The fourth-order valence-electron chi connectivity index (χ4n) is 3.64. The van der Waals surface area contributed by atoms with Gasteiger partial charge in [-0.05, 0) is 44.9 Å². The number of hydrogen-bond donors (Lipinski definition) is 0. The number of likely N-dealkylation sites (tertiary alicyclic amines) is 1. The normalized spacial score (nSPS) is 15.2. The summed E-state index contributed by atoms with van der Waals surface area (Å²) in [5.41, 5.74) is 3.61. The van der Waals surface area contributed by atoms with Gasteiger partial charge in [0.25, 0.3) is 5.91 Å². The molecular weight excluding hydrogens is 366 g/mol. The molecule has 1 amide bonds. The summed E-state index contributed by atoms with van der Waals surface area (Å²) in [6.45, 7) is 5.17. The van der Waals surface area contributed by atoms with Gasteiger partial charge in [0.2, 0.25) is 0 Å². The van der Waals surface area contributed by atoms with E-state index in [-0.39, 0.29) is 12.5 Å². The molecule has 29 heavy (non-hydrogen) atoms. The molecule has 1 aliphatic heterocycles. The van der Waals surface area contributed by atoms with Gasteiger partial charge in [0.1, 0.15) is 0 Å². The Hall–Kier alpha value is -2.89. The number of aromatic nitrogens is 2. The minimum atomic E-state index is -0.517. The topological polar surface area (TPSA) is 64.4 Å². The lowest BCUT2D eigenvalue weighted by Crippen LogP contribution is -2.36. The van der Waals surface area contributed by atoms with E-state index in [9.17, 15) is 9.59 Å². The number of aryl methyl sites for hydroxylation is 1. The smallest absolute Gasteiger partial charge is 0.331 e. The second kappa shape index (κ2) is 10.0. The van der Waals surface area contributed by atoms with Gasteiger partial charge in [-0.2, -0.15) is 5.10 Å². The summed E-state index contributed by atoms with van der Waals surface area (Å²) in [5.74, 6) is -0.630. The number of benzene rings is 1. The van der Waals surface area contributed by atoms with Crippen molar-refractivity contribution < 1.29 is 14.3 Å². The zero-order valence-corrected chi connectivity index (χ0v) is 17.3. The van der Waals surface area contributed by atoms with Gasteiger partial charge in [0.05, 0.1) is 11.4 Å². The third kappa shape index (κ3) is 5.56. The molecule has 6 heteroatoms. The number of amides is 1. The highest BCUT2D eigenvalue weighted by Gasteiger charge is 2.16. The first-order chi connectivity index (χ1) is 14.1. The van der Waals surface area contributed by atoms with Crippen LogP contribution in [0, 0.1) is 13.8 Å². The van der Waals surface area contributed by atoms with Crippen LogP contribution in [0.3, 0.4) is 0 Å². The zero-order valence-electron chi connectivity index (χ0n) is 17.3. The Morgan fingerprint density at radius 1 is 1.03 bits per heavy atom. The highest BCUT2D eigenvalue weighted by Crippen LogP contribution is 2.19. The Kier molecular flexibility index (Phi) is 7.22. The minimum absolute atomic E-state index is 0.113. The van der Waals surface area contributed by atoms with E-state index in [4.69, 9.17) is 4.74 Å². The lowest BCUT2D eigenvalue weighted by atomic mass is 10.1. The first kappa shape index (κ1) is 20.8. The van der Waals surface area contributed by atoms with Gasteiger partial charge in [-0.3, -0.25) is 4.79 Å². The van der Waals surface area contributed by atoms with Crippen LogP contribution in [0.15, 0.2) is 36.4 Å². The van der Waals surface area contributed by atoms with Crippen molar-refractivity contribution in [3.8, 4) is 5.69 Å². The van der Waals surface area contributed by atoms with Gasteiger partial charge in [0.15, 0.2) is 6.61 Å². The summed E-state index contributed by atoms with van der Waals surface area (Å²) in [7, 11) is 0. The van der Waals surface area contributed by atoms with E-state index in [1.54, 1.807) is 6.08 Å². The highest BCUT2D eigenvalue weighted by molar-refractivity contribution is 5.89. The molecule has 0 saturated carbocycles. The lowest BCUT2D eigenvalue weighted by Gasteiger charge is -2.24. The molecule has 3 rings (SSSR count). The molecule has 2 heterocycles. The number of para-hydroxylation sites is 1. The molecule has 0 N–H and O–H groups in total. The Morgan fingerprint density at radius 2 is 1.69 bits per heavy atom. The van der Waals surface area contributed by atoms with Gasteiger partial charge in [0, 0.05) is 30.4 Å². The van der Waals surface area contributed by atoms with E-state index in [0.717, 1.165) is 61.4 Å². The number of carbonyl (C=O) groups excluding carboxylic acids is 2. The van der Waals surface area contributed by atoms with Gasteiger partial charge in [-0.1, -0.05) is 37.5 Å². The van der Waals surface area contributed by atoms with Crippen molar-refractivity contribution >= 4 is 18.0 Å². The quantitative estimate of drug-likeness (QED) is 0.570. The molecule has 1 aromatic heterocycles. The van der Waals surface area contributed by atoms with Crippen LogP contribution in [0.1, 0.15) is 49.1 Å². The van der Waals surface area contributed by atoms with Gasteiger partial charge >= 0.3 is 5.97 Å². The predicted octanol–water partition coefficient (Wildman–Crippen LogP) is 3.84. The van der Waals surface area contributed by atoms with Crippen LogP contribution in [0.5, 0.6) is 0 Å². The molecule has 6 nitrogen and oxygen atoms in total. The number of rotatable bonds is 5. The maximum absolute atomic E-state index is 12.3. The maximum Gasteiger partial charge on any atom is 0.331 e. The van der Waals surface area contributed by atoms with E-state index in [1.165, 1.54) is 12.5 Å². The van der Waals surface area contributed by atoms with Crippen molar-refractivity contribution in [3.05, 3.63) is 53.4 Å². The fourth-order valence-corrected chi connectivity index (χ4v) is 3.64. The summed E-state index contributed by atoms with van der Waals surface area (Å²) in [5, 5.41) is 4.56. The molecule has 1 aliphatic rings. The minimum Gasteiger partial charge on any atom is -0.452 e. The summed E-state index contributed by atoms with van der Waals surface area (Å²) >= 11 is 0. The molecule has 1 saturated heterocycles. The largest absolute Gasteiger partial charge is 0.452 e. The highest BCUT2D eigenvalue weighted by atomic mass is 16.5. The molecule has 0 unspecified atom stereocenters. The van der Waals surface area contributed by atoms with Gasteiger partial charge in [-0.25, -0.2) is 9.48 Å². The lowest BCUT2D eigenvalue weighted by molar-refractivity contribution is -0.148. The van der Waals surface area contributed by atoms with Crippen molar-refractivity contribution in [3.63, 3.8) is 0 Å². The second-order valence-electron chi connectivity index (χ2n) is 7.42. The van der Waals surface area contributed by atoms with Crippen LogP contribution in [0.4, 0.5) is 0 Å². The first-order valence-corrected chi connectivity index (χ1v) is 10.3. The van der Waals surface area contributed by atoms with E-state index < -0.39 is 5.97 Å². The van der Waals surface area contributed by atoms with Crippen molar-refractivity contribution in [1.29, 1.82) is 0 Å². The number of ether oxygens (including phenoxy) is 1. The molecule has 0 aliphatic carbocycles. The standard InChI is InChI=1S/C23H29N3O3/c1-18-21(19(2)26(24-18)20-11-7-6-8-12-20)13-14-23(28)29-17-22(27)25-15-9-4-3-5-10-16-25/h6-8,11-14H,3-5,9-10,15-17H2,1-2H3/b14-13+. The van der Waals surface area contributed by atoms with Gasteiger partial charge < -0.3 is 9.64 Å². The number of carbonyl (C=O) groups is 2. The molecule has 2 aromatic rings. The molecule has 0 radical (unpaired) electrons. The molecule has 0 spiro atoms. The van der Waals surface area contributed by atoms with Crippen LogP contribution in [-0.2, 0) is 14.3 Å². The number of nitrogens with zero attached hydrogens (tertiary/aromatic N) is 3. The van der Waals surface area contributed by atoms with Crippen molar-refractivity contribution in [2.75, 3.05) is 19.7 Å². The zero-order chi connectivity index (χ0) is 20.6. The predicted molar refractivity (Wildman–Crippen MR) is 113 cm³/mol. The number of esters is 1. The van der Waals surface area contributed by atoms with Crippen molar-refractivity contribution in [2.45, 2.75) is 46.0 Å². The Labute approximate surface area is 172 Å². The summed E-state index contributed by atoms with van der Waals surface area (Å²) in [6, 6.07) is 9.85. The fraction of sp³-hybridized carbons (Fsp3) is 0.435. The monoisotopic (exact) mass is 395 g/mol. The molecular formula is C23H29N3O3. The second-order valence-corrected chi connectivity index (χ2v) is 7.42. The van der Waals surface area contributed by atoms with E-state index >= 15 is 0 Å². The molecule has 1 aromatic carbocycles. The Bertz CT molecular complexity index is 863. The summed E-state index contributed by atoms with van der Waals surface area (Å²) in [4.78, 5) is 26.3. The van der Waals surface area contributed by atoms with Gasteiger partial charge in [-0.15, -0.1) is 0 Å². The van der Waals surface area contributed by atoms with Crippen LogP contribution in [-0.4, -0.2) is 46.3 Å². The average Bonchev–Trinajstić information content (AvgIpc) is 2.98. The number of hydrogen-bond acceptors (Lipinski definition) is 4. The van der Waals surface area contributed by atoms with Crippen LogP contribution in [0.25, 0.3) is 11.8 Å². The Balaban J connectivity index is 1.58. The molecule has 0 atom stereocenters. The summed E-state index contributed by atoms with van der Waals surface area (Å²) < 4.78 is 7.03.